The van der Waals surface area contributed by atoms with Crippen molar-refractivity contribution in [2.45, 2.75) is 50.8 Å². The second-order valence-corrected chi connectivity index (χ2v) is 9.69. The Bertz CT molecular complexity index is 1120. The Balaban J connectivity index is 0.00000578. The minimum absolute atomic E-state index is 0. The molecule has 0 atom stereocenters. The van der Waals surface area contributed by atoms with Gasteiger partial charge in [-0.25, -0.2) is 8.42 Å². The molecule has 10 heteroatoms. The van der Waals surface area contributed by atoms with E-state index in [0.717, 1.165) is 6.42 Å². The first-order chi connectivity index (χ1) is 15.6. The molecular weight excluding hydrogens is 471 g/mol. The zero-order chi connectivity index (χ0) is 24.6. The molecule has 0 aliphatic heterocycles. The van der Waals surface area contributed by atoms with Crippen LogP contribution < -0.4 is 39.4 Å². The molecule has 0 aromatic heterocycles. The van der Waals surface area contributed by atoms with Gasteiger partial charge in [-0.15, -0.1) is 0 Å². The van der Waals surface area contributed by atoms with Crippen molar-refractivity contribution in [1.29, 1.82) is 0 Å². The molecule has 2 rings (SSSR count). The molecule has 8 nitrogen and oxygen atoms in total. The summed E-state index contributed by atoms with van der Waals surface area (Å²) in [4.78, 5) is 34.1. The van der Waals surface area contributed by atoms with Crippen molar-refractivity contribution in [2.24, 2.45) is 0 Å². The number of carbonyl (C=O) groups is 3. The average Bonchev–Trinajstić information content (AvgIpc) is 2.77. The third-order valence-electron chi connectivity index (χ3n) is 5.03. The summed E-state index contributed by atoms with van der Waals surface area (Å²) in [5.41, 5.74) is 0.970. The quantitative estimate of drug-likeness (QED) is 0.222. The normalized spacial score (nSPS) is 10.9. The molecule has 0 heterocycles. The van der Waals surface area contributed by atoms with Crippen LogP contribution in [0.25, 0.3) is 0 Å². The van der Waals surface area contributed by atoms with Crippen LogP contribution in [0.3, 0.4) is 0 Å². The second-order valence-electron chi connectivity index (χ2n) is 7.59. The van der Waals surface area contributed by atoms with E-state index < -0.39 is 28.0 Å². The molecule has 2 aromatic carbocycles. The van der Waals surface area contributed by atoms with Crippen molar-refractivity contribution >= 4 is 27.4 Å². The minimum atomic E-state index is -3.62. The van der Waals surface area contributed by atoms with Gasteiger partial charge in [0.25, 0.3) is 0 Å². The summed E-state index contributed by atoms with van der Waals surface area (Å²) in [6.45, 7) is 3.39. The van der Waals surface area contributed by atoms with E-state index in [1.54, 1.807) is 6.07 Å². The molecule has 1 N–H and O–H groups in total. The van der Waals surface area contributed by atoms with Gasteiger partial charge in [-0.05, 0) is 50.5 Å². The van der Waals surface area contributed by atoms with Crippen LogP contribution in [0.4, 0.5) is 0 Å². The molecule has 0 fully saturated rings. The van der Waals surface area contributed by atoms with Gasteiger partial charge in [0.05, 0.1) is 22.8 Å². The number of sulfone groups is 1. The summed E-state index contributed by atoms with van der Waals surface area (Å²) in [6, 6.07) is 8.44. The van der Waals surface area contributed by atoms with Crippen molar-refractivity contribution in [3.05, 3.63) is 53.1 Å². The van der Waals surface area contributed by atoms with Gasteiger partial charge < -0.3 is 19.7 Å². The van der Waals surface area contributed by atoms with Crippen LogP contribution in [0, 0.1) is 0 Å². The Labute approximate surface area is 221 Å². The van der Waals surface area contributed by atoms with Gasteiger partial charge >= 0.3 is 29.6 Å². The molecule has 0 amide bonds. The molecule has 178 valence electrons. The largest absolute Gasteiger partial charge is 1.00 e. The van der Waals surface area contributed by atoms with Gasteiger partial charge in [0.1, 0.15) is 11.5 Å². The zero-order valence-electron chi connectivity index (χ0n) is 19.6. The van der Waals surface area contributed by atoms with Crippen LogP contribution >= 0.6 is 0 Å². The summed E-state index contributed by atoms with van der Waals surface area (Å²) in [6.07, 6.45) is 0.818. The number of ether oxygens (including phenoxy) is 1. The van der Waals surface area contributed by atoms with Crippen LogP contribution in [0.5, 0.6) is 11.5 Å². The Morgan fingerprint density at radius 2 is 1.68 bits per heavy atom. The number of carbonyl (C=O) groups excluding carboxylic acids is 3. The molecule has 0 radical (unpaired) electrons. The monoisotopic (exact) mass is 498 g/mol. The molecule has 0 spiro atoms. The Morgan fingerprint density at radius 1 is 1.03 bits per heavy atom. The van der Waals surface area contributed by atoms with Crippen molar-refractivity contribution in [2.75, 3.05) is 12.4 Å². The van der Waals surface area contributed by atoms with Gasteiger partial charge in [0, 0.05) is 23.5 Å². The van der Waals surface area contributed by atoms with Crippen LogP contribution in [0.2, 0.25) is 0 Å². The average molecular weight is 499 g/mol. The van der Waals surface area contributed by atoms with E-state index in [0.29, 0.717) is 17.7 Å². The number of hydrogen-bond acceptors (Lipinski definition) is 8. The Morgan fingerprint density at radius 3 is 2.24 bits per heavy atom. The van der Waals surface area contributed by atoms with Crippen molar-refractivity contribution in [3.63, 3.8) is 0 Å². The van der Waals surface area contributed by atoms with E-state index in [2.05, 4.69) is 0 Å². The number of phenols is 1. The Hall–Kier alpha value is -2.20. The topological polar surface area (TPSA) is 138 Å². The molecule has 0 aliphatic rings. The molecule has 0 aliphatic carbocycles. The SMILES string of the molecule is CCCc1c(OCCCS(=O)(=O)c2ccc(C(=O)CCC(=O)[O-])cc2)ccc(C(C)=O)c1O.[Na+]. The van der Waals surface area contributed by atoms with Crippen molar-refractivity contribution in [1.82, 2.24) is 0 Å². The van der Waals surface area contributed by atoms with Crippen molar-refractivity contribution < 1.29 is 67.3 Å². The number of rotatable bonds is 13. The summed E-state index contributed by atoms with van der Waals surface area (Å²) in [7, 11) is -3.62. The van der Waals surface area contributed by atoms with E-state index in [4.69, 9.17) is 4.74 Å². The number of benzene rings is 2. The fourth-order valence-electron chi connectivity index (χ4n) is 3.29. The number of carboxylic acid groups (broad SMARTS) is 1. The predicted octanol–water partition coefficient (Wildman–Crippen LogP) is -0.493. The van der Waals surface area contributed by atoms with Gasteiger partial charge in [0.2, 0.25) is 0 Å². The maximum atomic E-state index is 12.6. The van der Waals surface area contributed by atoms with E-state index in [-0.39, 0.29) is 82.3 Å². The zero-order valence-corrected chi connectivity index (χ0v) is 22.4. The second kappa shape index (κ2) is 13.6. The fraction of sp³-hybridized carbons (Fsp3) is 0.375. The third-order valence-corrected chi connectivity index (χ3v) is 6.84. The number of phenolic OH excluding ortho intramolecular Hbond substituents is 1. The number of ketones is 2. The minimum Gasteiger partial charge on any atom is -0.550 e. The summed E-state index contributed by atoms with van der Waals surface area (Å²) in [5.74, 6) is -1.87. The summed E-state index contributed by atoms with van der Waals surface area (Å²) < 4.78 is 30.9. The first-order valence-corrected chi connectivity index (χ1v) is 12.3. The first kappa shape index (κ1) is 29.8. The predicted molar refractivity (Wildman–Crippen MR) is 119 cm³/mol. The van der Waals surface area contributed by atoms with Crippen LogP contribution in [0.1, 0.15) is 65.8 Å². The molecular formula is C24H27NaO8S. The van der Waals surface area contributed by atoms with Crippen molar-refractivity contribution in [3.8, 4) is 11.5 Å². The number of aromatic hydroxyl groups is 1. The number of Topliss-reactive ketones (excluding diaryl/α,β-unsaturated/α-hetero) is 2. The number of carboxylic acids is 1. The van der Waals surface area contributed by atoms with E-state index in [1.807, 2.05) is 6.92 Å². The molecule has 0 saturated carbocycles. The van der Waals surface area contributed by atoms with Gasteiger partial charge in [-0.2, -0.15) is 0 Å². The standard InChI is InChI=1S/C24H28O8S.Na/c1-3-5-20-22(12-10-19(16(2)25)24(20)29)32-14-4-15-33(30,31)18-8-6-17(7-9-18)21(26)11-13-23(27)28;/h6-10,12,29H,3-5,11,13-15H2,1-2H3,(H,27,28);/q;+1/p-1. The first-order valence-electron chi connectivity index (χ1n) is 10.6. The summed E-state index contributed by atoms with van der Waals surface area (Å²) >= 11 is 0. The van der Waals surface area contributed by atoms with Crippen LogP contribution in [-0.2, 0) is 21.1 Å². The third kappa shape index (κ3) is 8.23. The molecule has 34 heavy (non-hydrogen) atoms. The maximum Gasteiger partial charge on any atom is 1.00 e. The van der Waals surface area contributed by atoms with Gasteiger partial charge in [-0.3, -0.25) is 9.59 Å². The number of hydrogen-bond donors (Lipinski definition) is 1. The molecule has 0 unspecified atom stereocenters. The van der Waals surface area contributed by atoms with E-state index >= 15 is 0 Å². The smallest absolute Gasteiger partial charge is 0.550 e. The van der Waals surface area contributed by atoms with E-state index in [9.17, 15) is 33.0 Å². The Kier molecular flexibility index (Phi) is 12.0. The van der Waals surface area contributed by atoms with Gasteiger partial charge in [0.15, 0.2) is 21.4 Å². The number of aliphatic carboxylic acids is 1. The van der Waals surface area contributed by atoms with Crippen LogP contribution in [0.15, 0.2) is 41.3 Å². The summed E-state index contributed by atoms with van der Waals surface area (Å²) in [5, 5.41) is 20.8. The molecule has 2 aromatic rings. The maximum absolute atomic E-state index is 12.6. The fourth-order valence-corrected chi connectivity index (χ4v) is 4.57. The molecule has 0 bridgehead atoms. The van der Waals surface area contributed by atoms with Gasteiger partial charge in [-0.1, -0.05) is 25.5 Å². The van der Waals surface area contributed by atoms with E-state index in [1.165, 1.54) is 37.3 Å². The molecule has 0 saturated heterocycles. The van der Waals surface area contributed by atoms with Crippen LogP contribution in [-0.4, -0.2) is 43.4 Å².